The van der Waals surface area contributed by atoms with Gasteiger partial charge in [0.2, 0.25) is 0 Å². The molecule has 4 bridgehead atoms. The average molecular weight is 337 g/mol. The van der Waals surface area contributed by atoms with Crippen molar-refractivity contribution in [3.8, 4) is 5.75 Å². The van der Waals surface area contributed by atoms with Gasteiger partial charge in [-0.15, -0.1) is 10.2 Å². The van der Waals surface area contributed by atoms with Crippen LogP contribution in [0.3, 0.4) is 0 Å². The molecular weight excluding hydrogens is 310 g/mol. The number of ether oxygens (including phenoxy) is 1. The number of fused-ring (bicyclic) bond motifs is 1. The zero-order valence-electron chi connectivity index (χ0n) is 14.9. The highest BCUT2D eigenvalue weighted by molar-refractivity contribution is 5.49. The second kappa shape index (κ2) is 5.21. The number of nitrogens with zero attached hydrogens (tertiary/aromatic N) is 3. The third-order valence-corrected chi connectivity index (χ3v) is 7.50. The molecule has 5 fully saturated rings. The van der Waals surface area contributed by atoms with Crippen LogP contribution in [0.25, 0.3) is 5.65 Å². The molecule has 25 heavy (non-hydrogen) atoms. The second-order valence-corrected chi connectivity index (χ2v) is 9.48. The Balaban J connectivity index is 1.20. The third-order valence-electron chi connectivity index (χ3n) is 7.50. The maximum absolute atomic E-state index is 6.37. The van der Waals surface area contributed by atoms with Crippen molar-refractivity contribution in [2.75, 3.05) is 6.61 Å². The Hall–Kier alpha value is -1.58. The molecular formula is C21H27N3O. The number of rotatable bonds is 5. The molecule has 2 aromatic rings. The number of pyridine rings is 1. The van der Waals surface area contributed by atoms with E-state index in [1.165, 1.54) is 63.4 Å². The van der Waals surface area contributed by atoms with E-state index in [0.717, 1.165) is 35.8 Å². The van der Waals surface area contributed by atoms with Crippen LogP contribution >= 0.6 is 0 Å². The minimum atomic E-state index is 0.605. The molecule has 0 saturated heterocycles. The summed E-state index contributed by atoms with van der Waals surface area (Å²) in [5, 5.41) is 8.22. The Morgan fingerprint density at radius 1 is 1.08 bits per heavy atom. The summed E-state index contributed by atoms with van der Waals surface area (Å²) in [6.07, 6.45) is 16.8. The molecule has 0 spiro atoms. The van der Waals surface area contributed by atoms with Crippen LogP contribution in [0.15, 0.2) is 18.6 Å². The van der Waals surface area contributed by atoms with Gasteiger partial charge in [-0.1, -0.05) is 0 Å². The molecule has 2 heterocycles. The van der Waals surface area contributed by atoms with Crippen LogP contribution in [-0.2, 0) is 0 Å². The van der Waals surface area contributed by atoms with Gasteiger partial charge < -0.3 is 4.74 Å². The van der Waals surface area contributed by atoms with E-state index in [1.54, 1.807) is 6.33 Å². The van der Waals surface area contributed by atoms with Crippen LogP contribution < -0.4 is 4.74 Å². The minimum Gasteiger partial charge on any atom is -0.493 e. The van der Waals surface area contributed by atoms with E-state index < -0.39 is 0 Å². The lowest BCUT2D eigenvalue weighted by Crippen LogP contribution is -2.46. The summed E-state index contributed by atoms with van der Waals surface area (Å²) in [7, 11) is 0. The molecule has 0 atom stereocenters. The lowest BCUT2D eigenvalue weighted by Gasteiger charge is -2.57. The number of aromatic nitrogens is 3. The highest BCUT2D eigenvalue weighted by Crippen LogP contribution is 2.61. The van der Waals surface area contributed by atoms with Gasteiger partial charge >= 0.3 is 0 Å². The van der Waals surface area contributed by atoms with Gasteiger partial charge in [0, 0.05) is 17.8 Å². The largest absolute Gasteiger partial charge is 0.493 e. The van der Waals surface area contributed by atoms with Crippen LogP contribution in [0.1, 0.15) is 69.3 Å². The van der Waals surface area contributed by atoms with E-state index in [2.05, 4.69) is 22.5 Å². The molecule has 0 unspecified atom stereocenters. The quantitative estimate of drug-likeness (QED) is 0.801. The molecule has 0 amide bonds. The molecule has 5 aliphatic rings. The smallest absolute Gasteiger partial charge is 0.164 e. The summed E-state index contributed by atoms with van der Waals surface area (Å²) < 4.78 is 8.40. The van der Waals surface area contributed by atoms with Crippen molar-refractivity contribution in [1.29, 1.82) is 0 Å². The average Bonchev–Trinajstić information content (AvgIpc) is 3.31. The number of hydrogen-bond acceptors (Lipinski definition) is 3. The summed E-state index contributed by atoms with van der Waals surface area (Å²) in [4.78, 5) is 0. The fraction of sp³-hybridized carbons (Fsp3) is 0.714. The Labute approximate surface area is 149 Å². The van der Waals surface area contributed by atoms with Crippen molar-refractivity contribution in [2.24, 2.45) is 23.2 Å². The molecule has 5 aliphatic carbocycles. The fourth-order valence-electron chi connectivity index (χ4n) is 6.67. The van der Waals surface area contributed by atoms with Gasteiger partial charge in [-0.25, -0.2) is 0 Å². The zero-order valence-corrected chi connectivity index (χ0v) is 14.9. The van der Waals surface area contributed by atoms with E-state index in [-0.39, 0.29) is 0 Å². The molecule has 4 nitrogen and oxygen atoms in total. The minimum absolute atomic E-state index is 0.605. The predicted molar refractivity (Wildman–Crippen MR) is 95.7 cm³/mol. The first kappa shape index (κ1) is 14.6. The van der Waals surface area contributed by atoms with Crippen molar-refractivity contribution in [3.05, 3.63) is 24.2 Å². The van der Waals surface area contributed by atoms with Gasteiger partial charge in [0.25, 0.3) is 0 Å². The summed E-state index contributed by atoms with van der Waals surface area (Å²) in [5.74, 6) is 4.83. The van der Waals surface area contributed by atoms with Crippen LogP contribution in [0.2, 0.25) is 0 Å². The van der Waals surface area contributed by atoms with Gasteiger partial charge in [-0.3, -0.25) is 4.40 Å². The van der Waals surface area contributed by atoms with Crippen molar-refractivity contribution in [2.45, 2.75) is 63.7 Å². The van der Waals surface area contributed by atoms with E-state index >= 15 is 0 Å². The standard InChI is InChI=1S/C21H27N3O/c1-2-17(1)18-12-24-13-22-23-20(24)8-19(18)25-4-3-21-9-14-5-15(10-21)7-16(6-14)11-21/h8,12-17H,1-7,9-11H2. The molecule has 5 saturated carbocycles. The van der Waals surface area contributed by atoms with Crippen molar-refractivity contribution >= 4 is 5.65 Å². The van der Waals surface area contributed by atoms with Crippen molar-refractivity contribution in [1.82, 2.24) is 14.6 Å². The molecule has 0 N–H and O–H groups in total. The van der Waals surface area contributed by atoms with Gasteiger partial charge in [-0.05, 0) is 86.9 Å². The topological polar surface area (TPSA) is 39.4 Å². The Morgan fingerprint density at radius 2 is 1.80 bits per heavy atom. The van der Waals surface area contributed by atoms with Gasteiger partial charge in [0.15, 0.2) is 5.65 Å². The normalized spacial score (nSPS) is 36.2. The molecule has 7 rings (SSSR count). The SMILES string of the molecule is c1c(OCCC23CC4CC(CC(C4)C2)C3)c(C2CC2)cn2cnnc12. The van der Waals surface area contributed by atoms with Gasteiger partial charge in [0.1, 0.15) is 12.1 Å². The summed E-state index contributed by atoms with van der Waals surface area (Å²) in [5.41, 5.74) is 2.86. The molecule has 0 radical (unpaired) electrons. The van der Waals surface area contributed by atoms with Gasteiger partial charge in [-0.2, -0.15) is 0 Å². The van der Waals surface area contributed by atoms with Crippen molar-refractivity contribution < 1.29 is 4.74 Å². The van der Waals surface area contributed by atoms with Gasteiger partial charge in [0.05, 0.1) is 6.61 Å². The van der Waals surface area contributed by atoms with E-state index in [4.69, 9.17) is 4.74 Å². The highest BCUT2D eigenvalue weighted by atomic mass is 16.5. The molecule has 0 aliphatic heterocycles. The van der Waals surface area contributed by atoms with Crippen LogP contribution in [0.5, 0.6) is 5.75 Å². The molecule has 0 aromatic carbocycles. The fourth-order valence-corrected chi connectivity index (χ4v) is 6.67. The summed E-state index contributed by atoms with van der Waals surface area (Å²) >= 11 is 0. The monoisotopic (exact) mass is 337 g/mol. The second-order valence-electron chi connectivity index (χ2n) is 9.48. The first-order chi connectivity index (χ1) is 12.3. The van der Waals surface area contributed by atoms with Crippen LogP contribution in [-0.4, -0.2) is 21.2 Å². The van der Waals surface area contributed by atoms with E-state index in [9.17, 15) is 0 Å². The zero-order chi connectivity index (χ0) is 16.4. The third kappa shape index (κ3) is 2.48. The first-order valence-corrected chi connectivity index (χ1v) is 10.2. The van der Waals surface area contributed by atoms with E-state index in [1.807, 2.05) is 4.40 Å². The predicted octanol–water partition coefficient (Wildman–Crippen LogP) is 4.59. The van der Waals surface area contributed by atoms with E-state index in [0.29, 0.717) is 11.3 Å². The Kier molecular flexibility index (Phi) is 3.04. The van der Waals surface area contributed by atoms with Crippen molar-refractivity contribution in [3.63, 3.8) is 0 Å². The highest BCUT2D eigenvalue weighted by Gasteiger charge is 2.50. The molecule has 132 valence electrons. The Bertz CT molecular complexity index is 771. The maximum atomic E-state index is 6.37. The summed E-state index contributed by atoms with van der Waals surface area (Å²) in [6.45, 7) is 0.871. The molecule has 2 aromatic heterocycles. The first-order valence-electron chi connectivity index (χ1n) is 10.2. The van der Waals surface area contributed by atoms with Crippen LogP contribution in [0, 0.1) is 23.2 Å². The molecule has 4 heteroatoms. The summed E-state index contributed by atoms with van der Waals surface area (Å²) in [6, 6.07) is 2.10. The van der Waals surface area contributed by atoms with Crippen LogP contribution in [0.4, 0.5) is 0 Å². The lowest BCUT2D eigenvalue weighted by molar-refractivity contribution is -0.0623. The number of hydrogen-bond donors (Lipinski definition) is 0. The maximum Gasteiger partial charge on any atom is 0.164 e. The Morgan fingerprint density at radius 3 is 2.48 bits per heavy atom. The lowest BCUT2D eigenvalue weighted by atomic mass is 9.49.